The highest BCUT2D eigenvalue weighted by Gasteiger charge is 2.14. The van der Waals surface area contributed by atoms with E-state index in [0.29, 0.717) is 4.90 Å². The van der Waals surface area contributed by atoms with Crippen molar-refractivity contribution in [2.45, 2.75) is 17.9 Å². The zero-order valence-corrected chi connectivity index (χ0v) is 11.1. The Labute approximate surface area is 105 Å². The smallest absolute Gasteiger partial charge is 0.232 e. The molecule has 0 spiro atoms. The van der Waals surface area contributed by atoms with Gasteiger partial charge in [0.2, 0.25) is 5.91 Å². The number of carbonyl (C=O) groups excluding carboxylic acids is 1. The molecule has 0 saturated heterocycles. The molecule has 1 aromatic rings. The second-order valence-electron chi connectivity index (χ2n) is 4.02. The number of thioether (sulfide) groups is 1. The number of halogens is 1. The molecule has 17 heavy (non-hydrogen) atoms. The van der Waals surface area contributed by atoms with Gasteiger partial charge in [0.05, 0.1) is 5.75 Å². The van der Waals surface area contributed by atoms with E-state index in [1.54, 1.807) is 33.2 Å². The number of nitrogens with two attached hydrogens (primary N) is 1. The van der Waals surface area contributed by atoms with E-state index < -0.39 is 0 Å². The first-order chi connectivity index (χ1) is 7.93. The topological polar surface area (TPSA) is 46.3 Å². The standard InChI is InChI=1S/C12H17FN2OS/c1-8(14)9-5-4-6-10(13)12(9)17-7-11(16)15(2)3/h4-6,8H,7,14H2,1-3H3. The summed E-state index contributed by atoms with van der Waals surface area (Å²) in [6.45, 7) is 1.80. The molecule has 2 N–H and O–H groups in total. The molecule has 1 amide bonds. The number of hydrogen-bond donors (Lipinski definition) is 1. The van der Waals surface area contributed by atoms with Gasteiger partial charge in [-0.15, -0.1) is 11.8 Å². The number of rotatable bonds is 4. The van der Waals surface area contributed by atoms with Gasteiger partial charge in [-0.05, 0) is 18.6 Å². The zero-order chi connectivity index (χ0) is 13.0. The molecule has 0 aliphatic carbocycles. The number of benzene rings is 1. The first kappa shape index (κ1) is 14.0. The third-order valence-electron chi connectivity index (χ3n) is 2.33. The van der Waals surface area contributed by atoms with Gasteiger partial charge >= 0.3 is 0 Å². The highest BCUT2D eigenvalue weighted by Crippen LogP contribution is 2.29. The average molecular weight is 256 g/mol. The van der Waals surface area contributed by atoms with Crippen molar-refractivity contribution in [3.05, 3.63) is 29.6 Å². The number of carbonyl (C=O) groups is 1. The summed E-state index contributed by atoms with van der Waals surface area (Å²) in [5, 5.41) is 0. The van der Waals surface area contributed by atoms with Crippen LogP contribution in [0.2, 0.25) is 0 Å². The third-order valence-corrected chi connectivity index (χ3v) is 3.44. The first-order valence-electron chi connectivity index (χ1n) is 5.30. The van der Waals surface area contributed by atoms with Crippen LogP contribution in [0.5, 0.6) is 0 Å². The summed E-state index contributed by atoms with van der Waals surface area (Å²) in [4.78, 5) is 13.4. The number of hydrogen-bond acceptors (Lipinski definition) is 3. The number of nitrogens with zero attached hydrogens (tertiary/aromatic N) is 1. The molecule has 0 fully saturated rings. The Morgan fingerprint density at radius 2 is 2.18 bits per heavy atom. The van der Waals surface area contributed by atoms with Crippen LogP contribution in [0, 0.1) is 5.82 Å². The normalized spacial score (nSPS) is 12.3. The second-order valence-corrected chi connectivity index (χ2v) is 5.01. The van der Waals surface area contributed by atoms with Crippen LogP contribution in [0.1, 0.15) is 18.5 Å². The van der Waals surface area contributed by atoms with E-state index in [2.05, 4.69) is 0 Å². The van der Waals surface area contributed by atoms with Crippen LogP contribution in [-0.2, 0) is 4.79 Å². The molecule has 0 aliphatic heterocycles. The summed E-state index contributed by atoms with van der Waals surface area (Å²) in [5.41, 5.74) is 6.51. The lowest BCUT2D eigenvalue weighted by Crippen LogP contribution is -2.23. The van der Waals surface area contributed by atoms with Gasteiger partial charge in [0.25, 0.3) is 0 Å². The van der Waals surface area contributed by atoms with Gasteiger partial charge in [-0.3, -0.25) is 4.79 Å². The van der Waals surface area contributed by atoms with Crippen LogP contribution in [0.3, 0.4) is 0 Å². The molecular formula is C12H17FN2OS. The van der Waals surface area contributed by atoms with Crippen LogP contribution in [-0.4, -0.2) is 30.7 Å². The molecule has 0 radical (unpaired) electrons. The molecule has 1 aromatic carbocycles. The van der Waals surface area contributed by atoms with E-state index in [1.807, 2.05) is 0 Å². The SMILES string of the molecule is CC(N)c1cccc(F)c1SCC(=O)N(C)C. The molecule has 3 nitrogen and oxygen atoms in total. The van der Waals surface area contributed by atoms with Crippen molar-refractivity contribution in [3.63, 3.8) is 0 Å². The third kappa shape index (κ3) is 3.71. The fraction of sp³-hybridized carbons (Fsp3) is 0.417. The minimum Gasteiger partial charge on any atom is -0.348 e. The molecule has 1 unspecified atom stereocenters. The molecule has 0 aliphatic rings. The summed E-state index contributed by atoms with van der Waals surface area (Å²) in [7, 11) is 3.35. The lowest BCUT2D eigenvalue weighted by molar-refractivity contribution is -0.125. The Balaban J connectivity index is 2.86. The van der Waals surface area contributed by atoms with Gasteiger partial charge in [-0.2, -0.15) is 0 Å². The van der Waals surface area contributed by atoms with Gasteiger partial charge in [0, 0.05) is 25.0 Å². The molecule has 0 saturated carbocycles. The fourth-order valence-electron chi connectivity index (χ4n) is 1.30. The summed E-state index contributed by atoms with van der Waals surface area (Å²) >= 11 is 1.19. The van der Waals surface area contributed by atoms with Crippen LogP contribution in [0.15, 0.2) is 23.1 Å². The van der Waals surface area contributed by atoms with Crippen molar-refractivity contribution < 1.29 is 9.18 Å². The lowest BCUT2D eigenvalue weighted by Gasteiger charge is -2.14. The van der Waals surface area contributed by atoms with Crippen molar-refractivity contribution in [2.24, 2.45) is 5.73 Å². The van der Waals surface area contributed by atoms with Crippen LogP contribution < -0.4 is 5.73 Å². The van der Waals surface area contributed by atoms with E-state index >= 15 is 0 Å². The molecule has 94 valence electrons. The Morgan fingerprint density at radius 3 is 2.71 bits per heavy atom. The Hall–Kier alpha value is -1.07. The van der Waals surface area contributed by atoms with Crippen LogP contribution in [0.25, 0.3) is 0 Å². The molecular weight excluding hydrogens is 239 g/mol. The van der Waals surface area contributed by atoms with E-state index in [4.69, 9.17) is 5.73 Å². The van der Waals surface area contributed by atoms with E-state index in [9.17, 15) is 9.18 Å². The lowest BCUT2D eigenvalue weighted by atomic mass is 10.1. The Kier molecular flexibility index (Phi) is 4.96. The minimum atomic E-state index is -0.323. The maximum atomic E-state index is 13.7. The zero-order valence-electron chi connectivity index (χ0n) is 10.2. The fourth-order valence-corrected chi connectivity index (χ4v) is 2.45. The minimum absolute atomic E-state index is 0.0473. The van der Waals surface area contributed by atoms with Crippen LogP contribution in [0.4, 0.5) is 4.39 Å². The van der Waals surface area contributed by atoms with Crippen molar-refractivity contribution in [1.82, 2.24) is 4.90 Å². The van der Waals surface area contributed by atoms with E-state index in [1.165, 1.54) is 22.7 Å². The monoisotopic (exact) mass is 256 g/mol. The van der Waals surface area contributed by atoms with Crippen molar-refractivity contribution >= 4 is 17.7 Å². The molecule has 0 bridgehead atoms. The van der Waals surface area contributed by atoms with Crippen molar-refractivity contribution in [3.8, 4) is 0 Å². The number of amides is 1. The van der Waals surface area contributed by atoms with Gasteiger partial charge in [-0.25, -0.2) is 4.39 Å². The van der Waals surface area contributed by atoms with Crippen LogP contribution >= 0.6 is 11.8 Å². The molecule has 1 atom stereocenters. The summed E-state index contributed by atoms with van der Waals surface area (Å²) < 4.78 is 13.7. The molecule has 0 heterocycles. The second kappa shape index (κ2) is 6.02. The maximum Gasteiger partial charge on any atom is 0.232 e. The Bertz CT molecular complexity index is 407. The van der Waals surface area contributed by atoms with Gasteiger partial charge in [0.1, 0.15) is 5.82 Å². The average Bonchev–Trinajstić information content (AvgIpc) is 2.26. The Morgan fingerprint density at radius 1 is 1.53 bits per heavy atom. The van der Waals surface area contributed by atoms with E-state index in [0.717, 1.165) is 5.56 Å². The first-order valence-corrected chi connectivity index (χ1v) is 6.29. The molecule has 1 rings (SSSR count). The molecule has 0 aromatic heterocycles. The highest BCUT2D eigenvalue weighted by atomic mass is 32.2. The van der Waals surface area contributed by atoms with Crippen molar-refractivity contribution in [1.29, 1.82) is 0 Å². The summed E-state index contributed by atoms with van der Waals surface area (Å²) in [6.07, 6.45) is 0. The summed E-state index contributed by atoms with van der Waals surface area (Å²) in [5.74, 6) is -0.154. The van der Waals surface area contributed by atoms with Crippen molar-refractivity contribution in [2.75, 3.05) is 19.8 Å². The van der Waals surface area contributed by atoms with Gasteiger partial charge < -0.3 is 10.6 Å². The largest absolute Gasteiger partial charge is 0.348 e. The van der Waals surface area contributed by atoms with Gasteiger partial charge in [-0.1, -0.05) is 12.1 Å². The highest BCUT2D eigenvalue weighted by molar-refractivity contribution is 8.00. The molecule has 5 heteroatoms. The predicted molar refractivity (Wildman–Crippen MR) is 68.4 cm³/mol. The summed E-state index contributed by atoms with van der Waals surface area (Å²) in [6, 6.07) is 4.55. The maximum absolute atomic E-state index is 13.7. The predicted octanol–water partition coefficient (Wildman–Crippen LogP) is 2.03. The van der Waals surface area contributed by atoms with E-state index in [-0.39, 0.29) is 23.5 Å². The quantitative estimate of drug-likeness (QED) is 0.838. The van der Waals surface area contributed by atoms with Gasteiger partial charge in [0.15, 0.2) is 0 Å².